The number of nitrogens with zero attached hydrogens (tertiary/aromatic N) is 1. The van der Waals surface area contributed by atoms with Crippen LogP contribution < -0.4 is 4.74 Å². The molecule has 1 atom stereocenters. The zero-order valence-corrected chi connectivity index (χ0v) is 12.8. The zero-order chi connectivity index (χ0) is 14.8. The van der Waals surface area contributed by atoms with Gasteiger partial charge in [-0.3, -0.25) is 4.79 Å². The molecule has 0 amide bonds. The Balaban J connectivity index is 1.72. The van der Waals surface area contributed by atoms with Crippen LogP contribution in [0.3, 0.4) is 0 Å². The van der Waals surface area contributed by atoms with Crippen molar-refractivity contribution in [2.45, 2.75) is 31.8 Å². The van der Waals surface area contributed by atoms with Crippen LogP contribution in [-0.2, 0) is 17.8 Å². The fourth-order valence-corrected chi connectivity index (χ4v) is 3.66. The number of carboxylic acids is 1. The first-order valence-electron chi connectivity index (χ1n) is 6.73. The van der Waals surface area contributed by atoms with Crippen LogP contribution in [-0.4, -0.2) is 16.1 Å². The van der Waals surface area contributed by atoms with Gasteiger partial charge in [0.15, 0.2) is 0 Å². The Hall–Kier alpha value is -1.59. The molecule has 21 heavy (non-hydrogen) atoms. The number of fused-ring (bicyclic) bond motifs is 1. The Morgan fingerprint density at radius 2 is 2.19 bits per heavy atom. The number of rotatable bonds is 4. The topological polar surface area (TPSA) is 59.4 Å². The van der Waals surface area contributed by atoms with Gasteiger partial charge in [0, 0.05) is 9.90 Å². The first-order chi connectivity index (χ1) is 10.1. The Bertz CT molecular complexity index is 653. The second kappa shape index (κ2) is 6.03. The van der Waals surface area contributed by atoms with Crippen LogP contribution in [0.15, 0.2) is 24.3 Å². The number of hydrogen-bond acceptors (Lipinski definition) is 4. The van der Waals surface area contributed by atoms with Crippen LogP contribution in [0.25, 0.3) is 0 Å². The third-order valence-corrected chi connectivity index (χ3v) is 4.83. The third kappa shape index (κ3) is 3.19. The standard InChI is InChI=1S/C15H14ClNO3S/c16-9-4-6-10(7-5-9)20-8-13-17-14-11(15(18)19)2-1-3-12(14)21-13/h4-7,11H,1-3,8H2,(H,18,19). The van der Waals surface area contributed by atoms with Gasteiger partial charge in [0.25, 0.3) is 0 Å². The summed E-state index contributed by atoms with van der Waals surface area (Å²) in [4.78, 5) is 16.8. The van der Waals surface area contributed by atoms with E-state index in [1.165, 1.54) is 0 Å². The van der Waals surface area contributed by atoms with Crippen molar-refractivity contribution in [2.24, 2.45) is 0 Å². The van der Waals surface area contributed by atoms with Gasteiger partial charge >= 0.3 is 5.97 Å². The van der Waals surface area contributed by atoms with E-state index in [1.54, 1.807) is 35.6 Å². The summed E-state index contributed by atoms with van der Waals surface area (Å²) in [7, 11) is 0. The molecular weight excluding hydrogens is 310 g/mol. The lowest BCUT2D eigenvalue weighted by Gasteiger charge is -2.16. The summed E-state index contributed by atoms with van der Waals surface area (Å²) in [5.41, 5.74) is 0.730. The molecule has 1 unspecified atom stereocenters. The second-order valence-electron chi connectivity index (χ2n) is 4.94. The normalized spacial score (nSPS) is 17.3. The minimum Gasteiger partial charge on any atom is -0.486 e. The highest BCUT2D eigenvalue weighted by molar-refractivity contribution is 7.11. The average Bonchev–Trinajstić information content (AvgIpc) is 2.89. The minimum atomic E-state index is -0.786. The van der Waals surface area contributed by atoms with Crippen molar-refractivity contribution in [2.75, 3.05) is 0 Å². The molecule has 1 heterocycles. The Kier molecular flexibility index (Phi) is 4.12. The van der Waals surface area contributed by atoms with Gasteiger partial charge < -0.3 is 9.84 Å². The Morgan fingerprint density at radius 3 is 2.90 bits per heavy atom. The van der Waals surface area contributed by atoms with Gasteiger partial charge in [-0.05, 0) is 43.5 Å². The largest absolute Gasteiger partial charge is 0.486 e. The smallest absolute Gasteiger partial charge is 0.312 e. The van der Waals surface area contributed by atoms with Crippen molar-refractivity contribution in [1.29, 1.82) is 0 Å². The third-order valence-electron chi connectivity index (χ3n) is 3.47. The summed E-state index contributed by atoms with van der Waals surface area (Å²) in [6.45, 7) is 0.353. The molecule has 0 saturated carbocycles. The lowest BCUT2D eigenvalue weighted by Crippen LogP contribution is -2.17. The molecule has 1 aromatic heterocycles. The number of thiazole rings is 1. The van der Waals surface area contributed by atoms with Crippen molar-refractivity contribution < 1.29 is 14.6 Å². The molecule has 0 spiro atoms. The number of carbonyl (C=O) groups is 1. The number of halogens is 1. The number of hydrogen-bond donors (Lipinski definition) is 1. The number of carboxylic acid groups (broad SMARTS) is 1. The van der Waals surface area contributed by atoms with Gasteiger partial charge in [0.1, 0.15) is 17.4 Å². The van der Waals surface area contributed by atoms with Crippen LogP contribution in [0.4, 0.5) is 0 Å². The molecule has 2 aromatic rings. The highest BCUT2D eigenvalue weighted by Crippen LogP contribution is 2.35. The van der Waals surface area contributed by atoms with E-state index in [4.69, 9.17) is 16.3 Å². The van der Waals surface area contributed by atoms with Crippen LogP contribution >= 0.6 is 22.9 Å². The predicted octanol–water partition coefficient (Wildman–Crippen LogP) is 3.88. The van der Waals surface area contributed by atoms with Gasteiger partial charge in [0.2, 0.25) is 0 Å². The number of aliphatic carboxylic acids is 1. The summed E-state index contributed by atoms with van der Waals surface area (Å²) in [6.07, 6.45) is 2.49. The van der Waals surface area contributed by atoms with Crippen LogP contribution in [0, 0.1) is 0 Å². The molecule has 110 valence electrons. The summed E-state index contributed by atoms with van der Waals surface area (Å²) < 4.78 is 5.66. The zero-order valence-electron chi connectivity index (χ0n) is 11.2. The molecule has 1 N–H and O–H groups in total. The Morgan fingerprint density at radius 1 is 1.43 bits per heavy atom. The molecule has 0 radical (unpaired) electrons. The van der Waals surface area contributed by atoms with E-state index in [0.29, 0.717) is 18.1 Å². The van der Waals surface area contributed by atoms with Gasteiger partial charge in [-0.15, -0.1) is 11.3 Å². The van der Waals surface area contributed by atoms with Crippen molar-refractivity contribution >= 4 is 28.9 Å². The van der Waals surface area contributed by atoms with Crippen LogP contribution in [0.1, 0.15) is 34.3 Å². The van der Waals surface area contributed by atoms with E-state index >= 15 is 0 Å². The van der Waals surface area contributed by atoms with Crippen molar-refractivity contribution in [3.05, 3.63) is 44.9 Å². The maximum absolute atomic E-state index is 11.3. The molecule has 3 rings (SSSR count). The van der Waals surface area contributed by atoms with Crippen molar-refractivity contribution in [3.63, 3.8) is 0 Å². The summed E-state index contributed by atoms with van der Waals surface area (Å²) in [5.74, 6) is -0.525. The molecule has 4 nitrogen and oxygen atoms in total. The van der Waals surface area contributed by atoms with E-state index in [2.05, 4.69) is 4.98 Å². The lowest BCUT2D eigenvalue weighted by molar-refractivity contribution is -0.139. The van der Waals surface area contributed by atoms with E-state index < -0.39 is 11.9 Å². The lowest BCUT2D eigenvalue weighted by atomic mass is 9.91. The predicted molar refractivity (Wildman–Crippen MR) is 81.2 cm³/mol. The molecule has 1 aromatic carbocycles. The van der Waals surface area contributed by atoms with Gasteiger partial charge in [0.05, 0.1) is 11.6 Å². The SMILES string of the molecule is O=C(O)C1CCCc2sc(COc3ccc(Cl)cc3)nc21. The first kappa shape index (κ1) is 14.4. The molecule has 0 aliphatic heterocycles. The second-order valence-corrected chi connectivity index (χ2v) is 6.55. The number of aromatic nitrogens is 1. The van der Waals surface area contributed by atoms with E-state index in [9.17, 15) is 9.90 Å². The van der Waals surface area contributed by atoms with E-state index in [1.807, 2.05) is 0 Å². The maximum atomic E-state index is 11.3. The Labute approximate surface area is 131 Å². The van der Waals surface area contributed by atoms with Crippen LogP contribution in [0.5, 0.6) is 5.75 Å². The summed E-state index contributed by atoms with van der Waals surface area (Å²) in [6, 6.07) is 7.14. The molecule has 0 fully saturated rings. The van der Waals surface area contributed by atoms with Gasteiger partial charge in [-0.2, -0.15) is 0 Å². The summed E-state index contributed by atoms with van der Waals surface area (Å²) in [5, 5.41) is 10.7. The number of ether oxygens (including phenoxy) is 1. The highest BCUT2D eigenvalue weighted by atomic mass is 35.5. The van der Waals surface area contributed by atoms with Crippen molar-refractivity contribution in [1.82, 2.24) is 4.98 Å². The highest BCUT2D eigenvalue weighted by Gasteiger charge is 2.29. The first-order valence-corrected chi connectivity index (χ1v) is 7.92. The average molecular weight is 324 g/mol. The molecule has 1 aliphatic rings. The van der Waals surface area contributed by atoms with Crippen molar-refractivity contribution in [3.8, 4) is 5.75 Å². The van der Waals surface area contributed by atoms with Gasteiger partial charge in [-0.25, -0.2) is 4.98 Å². The maximum Gasteiger partial charge on any atom is 0.312 e. The monoisotopic (exact) mass is 323 g/mol. The molecule has 0 saturated heterocycles. The fourth-order valence-electron chi connectivity index (χ4n) is 2.45. The number of benzene rings is 1. The fraction of sp³-hybridized carbons (Fsp3) is 0.333. The number of aryl methyl sites for hydroxylation is 1. The molecule has 6 heteroatoms. The molecule has 1 aliphatic carbocycles. The van der Waals surface area contributed by atoms with E-state index in [0.717, 1.165) is 34.2 Å². The molecular formula is C15H14ClNO3S. The quantitative estimate of drug-likeness (QED) is 0.927. The minimum absolute atomic E-state index is 0.353. The summed E-state index contributed by atoms with van der Waals surface area (Å²) >= 11 is 7.38. The molecule has 0 bridgehead atoms. The van der Waals surface area contributed by atoms with Crippen LogP contribution in [0.2, 0.25) is 5.02 Å². The van der Waals surface area contributed by atoms with E-state index in [-0.39, 0.29) is 0 Å². The van der Waals surface area contributed by atoms with Gasteiger partial charge in [-0.1, -0.05) is 11.6 Å².